The summed E-state index contributed by atoms with van der Waals surface area (Å²) in [6.07, 6.45) is 8.22. The molecule has 2 rings (SSSR count). The minimum atomic E-state index is 0.340. The van der Waals surface area contributed by atoms with E-state index in [1.807, 2.05) is 0 Å². The summed E-state index contributed by atoms with van der Waals surface area (Å²) in [5, 5.41) is 3.67. The van der Waals surface area contributed by atoms with Crippen LogP contribution in [0, 0.1) is 12.3 Å². The third-order valence-electron chi connectivity index (χ3n) is 3.59. The van der Waals surface area contributed by atoms with Crippen molar-refractivity contribution in [3.05, 3.63) is 71.8 Å². The van der Waals surface area contributed by atoms with Gasteiger partial charge in [0, 0.05) is 18.5 Å². The van der Waals surface area contributed by atoms with Crippen LogP contribution in [0.15, 0.2) is 60.7 Å². The van der Waals surface area contributed by atoms with E-state index in [1.165, 1.54) is 11.1 Å². The maximum Gasteiger partial charge on any atom is 0.0238 e. The Labute approximate surface area is 128 Å². The average Bonchev–Trinajstić information content (AvgIpc) is 2.49. The first-order valence-corrected chi connectivity index (χ1v) is 7.55. The first-order valence-electron chi connectivity index (χ1n) is 7.55. The van der Waals surface area contributed by atoms with E-state index in [-0.39, 0.29) is 0 Å². The fourth-order valence-corrected chi connectivity index (χ4v) is 2.63. The Bertz CT molecular complexity index is 512. The Kier molecular flexibility index (Phi) is 6.06. The predicted molar refractivity (Wildman–Crippen MR) is 90.1 cm³/mol. The number of nitrogens with one attached hydrogen (secondary N) is 1. The maximum absolute atomic E-state index is 5.42. The molecule has 0 aliphatic heterocycles. The van der Waals surface area contributed by atoms with Gasteiger partial charge in [0.1, 0.15) is 0 Å². The molecule has 1 atom stereocenters. The van der Waals surface area contributed by atoms with Gasteiger partial charge in [0.25, 0.3) is 0 Å². The molecule has 0 aromatic heterocycles. The lowest BCUT2D eigenvalue weighted by Crippen LogP contribution is -2.39. The molecule has 0 heterocycles. The van der Waals surface area contributed by atoms with Crippen molar-refractivity contribution < 1.29 is 0 Å². The van der Waals surface area contributed by atoms with E-state index in [1.54, 1.807) is 0 Å². The lowest BCUT2D eigenvalue weighted by Gasteiger charge is -2.23. The highest BCUT2D eigenvalue weighted by molar-refractivity contribution is 5.19. The van der Waals surface area contributed by atoms with E-state index >= 15 is 0 Å². The highest BCUT2D eigenvalue weighted by Gasteiger charge is 2.13. The highest BCUT2D eigenvalue weighted by Crippen LogP contribution is 2.10. The van der Waals surface area contributed by atoms with Crippen molar-refractivity contribution in [1.82, 2.24) is 5.32 Å². The fraction of sp³-hybridized carbons (Fsp3) is 0.300. The topological polar surface area (TPSA) is 12.0 Å². The first-order chi connectivity index (χ1) is 10.3. The van der Waals surface area contributed by atoms with Crippen LogP contribution in [0.3, 0.4) is 0 Å². The van der Waals surface area contributed by atoms with Gasteiger partial charge in [-0.3, -0.25) is 0 Å². The zero-order chi connectivity index (χ0) is 14.9. The van der Waals surface area contributed by atoms with E-state index < -0.39 is 0 Å². The van der Waals surface area contributed by atoms with Crippen LogP contribution in [0.5, 0.6) is 0 Å². The van der Waals surface area contributed by atoms with Gasteiger partial charge in [0.15, 0.2) is 0 Å². The number of benzene rings is 2. The molecule has 0 aliphatic rings. The third kappa shape index (κ3) is 5.45. The lowest BCUT2D eigenvalue weighted by atomic mass is 9.98. The van der Waals surface area contributed by atoms with Crippen molar-refractivity contribution in [1.29, 1.82) is 0 Å². The van der Waals surface area contributed by atoms with Crippen LogP contribution in [0.2, 0.25) is 0 Å². The maximum atomic E-state index is 5.42. The first kappa shape index (κ1) is 15.4. The molecule has 0 bridgehead atoms. The molecule has 2 aromatic rings. The summed E-state index contributed by atoms with van der Waals surface area (Å²) < 4.78 is 0. The summed E-state index contributed by atoms with van der Waals surface area (Å²) in [4.78, 5) is 0. The monoisotopic (exact) mass is 277 g/mol. The summed E-state index contributed by atoms with van der Waals surface area (Å²) in [6.45, 7) is 2.16. The van der Waals surface area contributed by atoms with E-state index in [4.69, 9.17) is 6.42 Å². The van der Waals surface area contributed by atoms with Crippen LogP contribution < -0.4 is 5.32 Å². The van der Waals surface area contributed by atoms with Crippen LogP contribution in [0.4, 0.5) is 0 Å². The van der Waals surface area contributed by atoms with E-state index in [9.17, 15) is 0 Å². The van der Waals surface area contributed by atoms with Gasteiger partial charge in [-0.2, -0.15) is 0 Å². The molecule has 21 heavy (non-hydrogen) atoms. The fourth-order valence-electron chi connectivity index (χ4n) is 2.63. The predicted octanol–water partition coefficient (Wildman–Crippen LogP) is 3.84. The molecule has 0 aliphatic carbocycles. The Hall–Kier alpha value is -2.04. The van der Waals surface area contributed by atoms with Crippen molar-refractivity contribution in [2.45, 2.75) is 38.3 Å². The number of hydrogen-bond donors (Lipinski definition) is 1. The molecule has 1 nitrogen and oxygen atoms in total. The molecule has 1 N–H and O–H groups in total. The summed E-state index contributed by atoms with van der Waals surface area (Å²) in [5.74, 6) is 2.74. The molecule has 0 saturated heterocycles. The smallest absolute Gasteiger partial charge is 0.0238 e. The second-order valence-corrected chi connectivity index (χ2v) is 5.55. The van der Waals surface area contributed by atoms with E-state index in [0.717, 1.165) is 19.3 Å². The summed E-state index contributed by atoms with van der Waals surface area (Å²) in [5.41, 5.74) is 2.72. The van der Waals surface area contributed by atoms with Crippen molar-refractivity contribution >= 4 is 0 Å². The average molecular weight is 277 g/mol. The van der Waals surface area contributed by atoms with Crippen LogP contribution >= 0.6 is 0 Å². The van der Waals surface area contributed by atoms with Crippen LogP contribution in [-0.4, -0.2) is 12.1 Å². The molecule has 108 valence electrons. The number of hydrogen-bond acceptors (Lipinski definition) is 1. The molecule has 0 saturated carbocycles. The SMILES string of the molecule is C#CCC(C)NC(Cc1ccccc1)Cc1ccccc1. The Morgan fingerprint density at radius 3 is 1.81 bits per heavy atom. The minimum absolute atomic E-state index is 0.340. The number of rotatable bonds is 7. The molecular weight excluding hydrogens is 254 g/mol. The van der Waals surface area contributed by atoms with E-state index in [2.05, 4.69) is 78.8 Å². The molecule has 0 amide bonds. The quantitative estimate of drug-likeness (QED) is 0.758. The minimum Gasteiger partial charge on any atom is -0.310 e. The van der Waals surface area contributed by atoms with E-state index in [0.29, 0.717) is 12.1 Å². The van der Waals surface area contributed by atoms with Crippen molar-refractivity contribution in [3.8, 4) is 12.3 Å². The van der Waals surface area contributed by atoms with Gasteiger partial charge >= 0.3 is 0 Å². The highest BCUT2D eigenvalue weighted by atomic mass is 14.9. The van der Waals surface area contributed by atoms with Crippen LogP contribution in [0.1, 0.15) is 24.5 Å². The Morgan fingerprint density at radius 1 is 0.905 bits per heavy atom. The van der Waals surface area contributed by atoms with Gasteiger partial charge in [-0.15, -0.1) is 12.3 Å². The number of terminal acetylenes is 1. The van der Waals surface area contributed by atoms with Gasteiger partial charge in [-0.1, -0.05) is 60.7 Å². The second kappa shape index (κ2) is 8.29. The molecule has 0 spiro atoms. The molecule has 0 fully saturated rings. The van der Waals surface area contributed by atoms with Crippen molar-refractivity contribution in [3.63, 3.8) is 0 Å². The van der Waals surface area contributed by atoms with Gasteiger partial charge in [0.05, 0.1) is 0 Å². The van der Waals surface area contributed by atoms with Crippen LogP contribution in [0.25, 0.3) is 0 Å². The summed E-state index contributed by atoms with van der Waals surface area (Å²) in [6, 6.07) is 22.0. The Balaban J connectivity index is 2.05. The van der Waals surface area contributed by atoms with Crippen LogP contribution in [-0.2, 0) is 12.8 Å². The Morgan fingerprint density at radius 2 is 1.38 bits per heavy atom. The lowest BCUT2D eigenvalue weighted by molar-refractivity contribution is 0.443. The molecule has 1 heteroatoms. The van der Waals surface area contributed by atoms with Gasteiger partial charge in [-0.25, -0.2) is 0 Å². The van der Waals surface area contributed by atoms with Gasteiger partial charge in [-0.05, 0) is 30.9 Å². The zero-order valence-corrected chi connectivity index (χ0v) is 12.6. The van der Waals surface area contributed by atoms with Gasteiger partial charge < -0.3 is 5.32 Å². The standard InChI is InChI=1S/C20H23N/c1-3-10-17(2)21-20(15-18-11-6-4-7-12-18)16-19-13-8-5-9-14-19/h1,4-9,11-14,17,20-21H,10,15-16H2,2H3. The normalized spacial score (nSPS) is 12.0. The molecule has 0 radical (unpaired) electrons. The summed E-state index contributed by atoms with van der Waals surface area (Å²) >= 11 is 0. The molecule has 2 aromatic carbocycles. The second-order valence-electron chi connectivity index (χ2n) is 5.55. The zero-order valence-electron chi connectivity index (χ0n) is 12.6. The summed E-state index contributed by atoms with van der Waals surface area (Å²) in [7, 11) is 0. The van der Waals surface area contributed by atoms with Gasteiger partial charge in [0.2, 0.25) is 0 Å². The molecular formula is C20H23N. The van der Waals surface area contributed by atoms with Crippen molar-refractivity contribution in [2.24, 2.45) is 0 Å². The largest absolute Gasteiger partial charge is 0.310 e. The van der Waals surface area contributed by atoms with Crippen molar-refractivity contribution in [2.75, 3.05) is 0 Å². The molecule has 1 unspecified atom stereocenters. The third-order valence-corrected chi connectivity index (χ3v) is 3.59.